The van der Waals surface area contributed by atoms with Gasteiger partial charge >= 0.3 is 0 Å². The SMILES string of the molecule is [2H][C@@H]1C[C@H]2CCC=C[C@H]21. The smallest absolute Gasteiger partial charge is 0.0273 e. The number of allylic oxidation sites excluding steroid dienone is 2. The van der Waals surface area contributed by atoms with Crippen molar-refractivity contribution < 1.29 is 1.37 Å². The number of hydrogen-bond acceptors (Lipinski definition) is 0. The molecule has 0 radical (unpaired) electrons. The zero-order chi connectivity index (χ0) is 6.27. The van der Waals surface area contributed by atoms with E-state index in [9.17, 15) is 0 Å². The number of rotatable bonds is 0. The van der Waals surface area contributed by atoms with Crippen LogP contribution in [0.2, 0.25) is 0 Å². The van der Waals surface area contributed by atoms with Crippen LogP contribution in [0.5, 0.6) is 0 Å². The fourth-order valence-electron chi connectivity index (χ4n) is 1.60. The lowest BCUT2D eigenvalue weighted by molar-refractivity contribution is 0.203. The highest BCUT2D eigenvalue weighted by molar-refractivity contribution is 5.01. The molecule has 0 aromatic rings. The van der Waals surface area contributed by atoms with E-state index in [0.717, 1.165) is 12.3 Å². The van der Waals surface area contributed by atoms with Crippen molar-refractivity contribution in [3.05, 3.63) is 12.2 Å². The Morgan fingerprint density at radius 3 is 3.12 bits per heavy atom. The molecule has 0 aromatic heterocycles. The standard InChI is InChI=1S/C8H12/c1-2-4-8-6-5-7(8)3-1/h1,3,7-8H,2,4-6H2/t7-,8+/m0/s1/i5D/t5-,7+,8-/m1. The Morgan fingerprint density at radius 2 is 2.50 bits per heavy atom. The molecule has 1 fully saturated rings. The van der Waals surface area contributed by atoms with Gasteiger partial charge in [-0.25, -0.2) is 0 Å². The van der Waals surface area contributed by atoms with Crippen molar-refractivity contribution in [3.8, 4) is 0 Å². The third kappa shape index (κ3) is 0.521. The Morgan fingerprint density at radius 1 is 1.50 bits per heavy atom. The van der Waals surface area contributed by atoms with Crippen LogP contribution >= 0.6 is 0 Å². The lowest BCUT2D eigenvalue weighted by Crippen LogP contribution is -2.25. The highest BCUT2D eigenvalue weighted by Gasteiger charge is 2.29. The second-order valence-corrected chi connectivity index (χ2v) is 2.81. The van der Waals surface area contributed by atoms with Gasteiger partial charge in [0.2, 0.25) is 0 Å². The van der Waals surface area contributed by atoms with Gasteiger partial charge in [0.1, 0.15) is 0 Å². The zero-order valence-electron chi connectivity index (χ0n) is 6.01. The molecule has 0 heteroatoms. The van der Waals surface area contributed by atoms with E-state index in [4.69, 9.17) is 1.37 Å². The van der Waals surface area contributed by atoms with E-state index >= 15 is 0 Å². The molecule has 0 spiro atoms. The summed E-state index contributed by atoms with van der Waals surface area (Å²) in [5.74, 6) is 1.52. The van der Waals surface area contributed by atoms with Crippen LogP contribution in [0.4, 0.5) is 0 Å². The van der Waals surface area contributed by atoms with E-state index in [1.54, 1.807) is 0 Å². The maximum absolute atomic E-state index is 7.49. The van der Waals surface area contributed by atoms with Crippen LogP contribution in [-0.2, 0) is 0 Å². The summed E-state index contributed by atoms with van der Waals surface area (Å²) in [6.45, 7) is 0. The van der Waals surface area contributed by atoms with Crippen molar-refractivity contribution in [2.24, 2.45) is 11.8 Å². The predicted octanol–water partition coefficient (Wildman–Crippen LogP) is 2.36. The van der Waals surface area contributed by atoms with Crippen LogP contribution in [0, 0.1) is 11.8 Å². The summed E-state index contributed by atoms with van der Waals surface area (Å²) in [5.41, 5.74) is 0. The molecule has 0 aliphatic heterocycles. The van der Waals surface area contributed by atoms with Crippen molar-refractivity contribution in [2.45, 2.75) is 25.7 Å². The van der Waals surface area contributed by atoms with Gasteiger partial charge in [-0.1, -0.05) is 12.2 Å². The zero-order valence-corrected chi connectivity index (χ0v) is 5.01. The molecule has 2 aliphatic rings. The molecule has 2 aliphatic carbocycles. The van der Waals surface area contributed by atoms with E-state index in [-0.39, 0.29) is 6.40 Å². The van der Waals surface area contributed by atoms with E-state index in [1.807, 2.05) is 0 Å². The van der Waals surface area contributed by atoms with Gasteiger partial charge in [0, 0.05) is 1.37 Å². The highest BCUT2D eigenvalue weighted by Crippen LogP contribution is 2.40. The monoisotopic (exact) mass is 109 g/mol. The maximum Gasteiger partial charge on any atom is 0.0273 e. The maximum atomic E-state index is 7.49. The molecule has 44 valence electrons. The van der Waals surface area contributed by atoms with Gasteiger partial charge in [-0.15, -0.1) is 0 Å². The Hall–Kier alpha value is -0.260. The average Bonchev–Trinajstić information content (AvgIpc) is 1.86. The van der Waals surface area contributed by atoms with Gasteiger partial charge in [-0.05, 0) is 37.5 Å². The molecular weight excluding hydrogens is 96.1 g/mol. The van der Waals surface area contributed by atoms with E-state index in [0.29, 0.717) is 5.92 Å². The van der Waals surface area contributed by atoms with Crippen molar-refractivity contribution in [1.82, 2.24) is 0 Å². The van der Waals surface area contributed by atoms with Crippen LogP contribution in [0.25, 0.3) is 0 Å². The summed E-state index contributed by atoms with van der Waals surface area (Å²) in [6, 6.07) is 0. The molecular formula is C8H12. The number of hydrogen-bond donors (Lipinski definition) is 0. The van der Waals surface area contributed by atoms with Gasteiger partial charge in [-0.3, -0.25) is 0 Å². The van der Waals surface area contributed by atoms with E-state index < -0.39 is 0 Å². The Balaban J connectivity index is 2.07. The van der Waals surface area contributed by atoms with Crippen LogP contribution in [0.15, 0.2) is 12.2 Å². The summed E-state index contributed by atoms with van der Waals surface area (Å²) in [7, 11) is 0. The first-order valence-electron chi connectivity index (χ1n) is 4.04. The summed E-state index contributed by atoms with van der Waals surface area (Å²) in [4.78, 5) is 0. The molecule has 8 heavy (non-hydrogen) atoms. The topological polar surface area (TPSA) is 0 Å². The molecule has 0 saturated heterocycles. The summed E-state index contributed by atoms with van der Waals surface area (Å²) in [5, 5.41) is 0. The molecule has 0 amide bonds. The molecule has 2 rings (SSSR count). The van der Waals surface area contributed by atoms with E-state index in [2.05, 4.69) is 12.2 Å². The lowest BCUT2D eigenvalue weighted by atomic mass is 9.69. The van der Waals surface area contributed by atoms with Gasteiger partial charge in [0.15, 0.2) is 0 Å². The second kappa shape index (κ2) is 1.61. The first-order valence-corrected chi connectivity index (χ1v) is 3.47. The minimum Gasteiger partial charge on any atom is -0.0882 e. The lowest BCUT2D eigenvalue weighted by Gasteiger charge is -2.36. The van der Waals surface area contributed by atoms with Gasteiger partial charge in [0.25, 0.3) is 0 Å². The summed E-state index contributed by atoms with van der Waals surface area (Å²) >= 11 is 0. The molecule has 0 unspecified atom stereocenters. The van der Waals surface area contributed by atoms with Crippen LogP contribution in [0.1, 0.15) is 27.0 Å². The predicted molar refractivity (Wildman–Crippen MR) is 34.6 cm³/mol. The van der Waals surface area contributed by atoms with Gasteiger partial charge in [0.05, 0.1) is 0 Å². The molecule has 0 heterocycles. The van der Waals surface area contributed by atoms with Crippen molar-refractivity contribution in [2.75, 3.05) is 0 Å². The molecule has 1 saturated carbocycles. The van der Waals surface area contributed by atoms with Crippen LogP contribution in [0.3, 0.4) is 0 Å². The molecule has 0 bridgehead atoms. The Bertz CT molecular complexity index is 140. The van der Waals surface area contributed by atoms with Crippen LogP contribution in [-0.4, -0.2) is 0 Å². The largest absolute Gasteiger partial charge is 0.0882 e. The molecule has 0 N–H and O–H groups in total. The fraction of sp³-hybridized carbons (Fsp3) is 0.750. The second-order valence-electron chi connectivity index (χ2n) is 2.81. The Labute approximate surface area is 52.0 Å². The minimum atomic E-state index is 0.242. The third-order valence-electron chi connectivity index (χ3n) is 2.32. The van der Waals surface area contributed by atoms with Crippen LogP contribution < -0.4 is 0 Å². The average molecular weight is 109 g/mol. The normalized spacial score (nSPS) is 54.0. The fourth-order valence-corrected chi connectivity index (χ4v) is 1.60. The first kappa shape index (κ1) is 3.71. The van der Waals surface area contributed by atoms with Gasteiger partial charge < -0.3 is 0 Å². The first-order chi connectivity index (χ1) is 4.38. The number of fused-ring (bicyclic) bond motifs is 1. The minimum absolute atomic E-state index is 0.242. The quantitative estimate of drug-likeness (QED) is 0.419. The molecule has 0 aromatic carbocycles. The highest BCUT2D eigenvalue weighted by atomic mass is 14.3. The van der Waals surface area contributed by atoms with E-state index in [1.165, 1.54) is 12.8 Å². The Kier molecular flexibility index (Phi) is 0.746. The van der Waals surface area contributed by atoms with Gasteiger partial charge in [-0.2, -0.15) is 0 Å². The third-order valence-corrected chi connectivity index (χ3v) is 2.32. The molecule has 0 nitrogen and oxygen atoms in total. The van der Waals surface area contributed by atoms with Crippen molar-refractivity contribution in [3.63, 3.8) is 0 Å². The van der Waals surface area contributed by atoms with Crippen molar-refractivity contribution >= 4 is 0 Å². The summed E-state index contributed by atoms with van der Waals surface area (Å²) in [6.07, 6.45) is 8.49. The summed E-state index contributed by atoms with van der Waals surface area (Å²) < 4.78 is 7.49. The van der Waals surface area contributed by atoms with Crippen molar-refractivity contribution in [1.29, 1.82) is 0 Å². The molecule has 3 atom stereocenters.